The minimum atomic E-state index is -1.58. The van der Waals surface area contributed by atoms with Crippen LogP contribution in [0.2, 0.25) is 19.6 Å². The van der Waals surface area contributed by atoms with Gasteiger partial charge in [0.05, 0.1) is 16.7 Å². The Morgan fingerprint density at radius 3 is 2.09 bits per heavy atom. The molecule has 0 radical (unpaired) electrons. The Balaban J connectivity index is 2.24. The van der Waals surface area contributed by atoms with Crippen molar-refractivity contribution >= 4 is 13.4 Å². The molecule has 3 aromatic rings. The van der Waals surface area contributed by atoms with E-state index in [1.165, 1.54) is 11.1 Å². The first-order chi connectivity index (χ1) is 10.5. The summed E-state index contributed by atoms with van der Waals surface area (Å²) in [6.07, 6.45) is 0. The summed E-state index contributed by atoms with van der Waals surface area (Å²) in [5.41, 5.74) is 4.60. The summed E-state index contributed by atoms with van der Waals surface area (Å²) in [6.45, 7) is 9.02. The lowest BCUT2D eigenvalue weighted by atomic mass is 10.1. The Hall–Kier alpha value is -2.20. The van der Waals surface area contributed by atoms with Gasteiger partial charge in [0.15, 0.2) is 0 Å². The van der Waals surface area contributed by atoms with Crippen molar-refractivity contribution in [3.8, 4) is 16.9 Å². The molecule has 22 heavy (non-hydrogen) atoms. The van der Waals surface area contributed by atoms with Crippen LogP contribution in [0.4, 0.5) is 0 Å². The van der Waals surface area contributed by atoms with Crippen LogP contribution in [0.5, 0.6) is 0 Å². The molecule has 0 fully saturated rings. The maximum Gasteiger partial charge on any atom is 0.107 e. The minimum absolute atomic E-state index is 1.06. The highest BCUT2D eigenvalue weighted by molar-refractivity contribution is 6.89. The fourth-order valence-electron chi connectivity index (χ4n) is 2.51. The van der Waals surface area contributed by atoms with Crippen LogP contribution < -0.4 is 5.32 Å². The van der Waals surface area contributed by atoms with Gasteiger partial charge in [0.25, 0.3) is 0 Å². The summed E-state index contributed by atoms with van der Waals surface area (Å²) >= 11 is 0. The highest BCUT2D eigenvalue weighted by Gasteiger charge is 2.27. The van der Waals surface area contributed by atoms with Crippen LogP contribution in [0.25, 0.3) is 16.9 Å². The lowest BCUT2D eigenvalue weighted by Crippen LogP contribution is -2.40. The summed E-state index contributed by atoms with van der Waals surface area (Å²) in [6, 6.07) is 18.9. The van der Waals surface area contributed by atoms with Crippen LogP contribution in [0.1, 0.15) is 5.56 Å². The molecule has 112 valence electrons. The van der Waals surface area contributed by atoms with E-state index in [0.717, 1.165) is 16.7 Å². The number of benzene rings is 2. The van der Waals surface area contributed by atoms with Crippen molar-refractivity contribution in [2.75, 3.05) is 0 Å². The molecule has 1 heterocycles. The predicted octanol–water partition coefficient (Wildman–Crippen LogP) is 3.79. The van der Waals surface area contributed by atoms with Crippen LogP contribution in [0, 0.1) is 6.92 Å². The normalized spacial score (nSPS) is 11.6. The van der Waals surface area contributed by atoms with Crippen LogP contribution in [-0.4, -0.2) is 23.1 Å². The van der Waals surface area contributed by atoms with Gasteiger partial charge in [0, 0.05) is 5.56 Å². The van der Waals surface area contributed by atoms with Gasteiger partial charge in [0.1, 0.15) is 8.07 Å². The SMILES string of the molecule is Cc1ccc(-n2nnc([Si](C)(C)C)c2-c2ccccc2)cc1. The summed E-state index contributed by atoms with van der Waals surface area (Å²) in [7, 11) is -1.58. The molecular weight excluding hydrogens is 286 g/mol. The van der Waals surface area contributed by atoms with Crippen LogP contribution in [0.15, 0.2) is 54.6 Å². The minimum Gasteiger partial charge on any atom is -0.213 e. The molecule has 0 saturated heterocycles. The van der Waals surface area contributed by atoms with E-state index in [1.54, 1.807) is 0 Å². The Morgan fingerprint density at radius 2 is 1.50 bits per heavy atom. The molecule has 0 aliphatic carbocycles. The van der Waals surface area contributed by atoms with Crippen molar-refractivity contribution in [2.45, 2.75) is 26.6 Å². The quantitative estimate of drug-likeness (QED) is 0.689. The van der Waals surface area contributed by atoms with E-state index >= 15 is 0 Å². The van der Waals surface area contributed by atoms with E-state index in [0.29, 0.717) is 0 Å². The van der Waals surface area contributed by atoms with Crippen molar-refractivity contribution in [2.24, 2.45) is 0 Å². The van der Waals surface area contributed by atoms with E-state index in [2.05, 4.69) is 85.4 Å². The van der Waals surface area contributed by atoms with Gasteiger partial charge in [-0.3, -0.25) is 0 Å². The van der Waals surface area contributed by atoms with Gasteiger partial charge in [0.2, 0.25) is 0 Å². The van der Waals surface area contributed by atoms with Gasteiger partial charge >= 0.3 is 0 Å². The van der Waals surface area contributed by atoms with Crippen molar-refractivity contribution in [1.82, 2.24) is 15.0 Å². The second kappa shape index (κ2) is 5.53. The van der Waals surface area contributed by atoms with Crippen LogP contribution >= 0.6 is 0 Å². The zero-order chi connectivity index (χ0) is 15.7. The van der Waals surface area contributed by atoms with E-state index < -0.39 is 8.07 Å². The molecule has 0 bridgehead atoms. The Morgan fingerprint density at radius 1 is 0.864 bits per heavy atom. The van der Waals surface area contributed by atoms with E-state index in [9.17, 15) is 0 Å². The fraction of sp³-hybridized carbons (Fsp3) is 0.222. The van der Waals surface area contributed by atoms with E-state index in [4.69, 9.17) is 0 Å². The molecule has 0 N–H and O–H groups in total. The molecule has 0 amide bonds. The Labute approximate surface area is 132 Å². The molecule has 0 spiro atoms. The number of hydrogen-bond donors (Lipinski definition) is 0. The van der Waals surface area contributed by atoms with Gasteiger partial charge in [-0.05, 0) is 19.1 Å². The predicted molar refractivity (Wildman–Crippen MR) is 94.5 cm³/mol. The molecule has 3 nitrogen and oxygen atoms in total. The average molecular weight is 307 g/mol. The molecule has 0 saturated carbocycles. The monoisotopic (exact) mass is 307 g/mol. The van der Waals surface area contributed by atoms with E-state index in [1.807, 2.05) is 10.7 Å². The summed E-state index contributed by atoms with van der Waals surface area (Å²) in [4.78, 5) is 0. The van der Waals surface area contributed by atoms with Crippen molar-refractivity contribution in [3.63, 3.8) is 0 Å². The maximum absolute atomic E-state index is 4.54. The first kappa shape index (κ1) is 14.7. The molecule has 0 aliphatic heterocycles. The summed E-state index contributed by atoms with van der Waals surface area (Å²) < 4.78 is 1.97. The van der Waals surface area contributed by atoms with Gasteiger partial charge in [-0.1, -0.05) is 72.9 Å². The average Bonchev–Trinajstić information content (AvgIpc) is 2.94. The molecular formula is C18H21N3Si. The zero-order valence-electron chi connectivity index (χ0n) is 13.5. The first-order valence-corrected chi connectivity index (χ1v) is 11.1. The zero-order valence-corrected chi connectivity index (χ0v) is 14.5. The molecule has 4 heteroatoms. The second-order valence-electron chi connectivity index (χ2n) is 6.65. The molecule has 0 unspecified atom stereocenters. The molecule has 0 atom stereocenters. The number of nitrogens with zero attached hydrogens (tertiary/aromatic N) is 3. The summed E-state index contributed by atoms with van der Waals surface area (Å²) in [5, 5.41) is 10.1. The molecule has 0 aliphatic rings. The van der Waals surface area contributed by atoms with Crippen LogP contribution in [-0.2, 0) is 0 Å². The maximum atomic E-state index is 4.54. The van der Waals surface area contributed by atoms with Crippen molar-refractivity contribution < 1.29 is 0 Å². The standard InChI is InChI=1S/C18H21N3Si/c1-14-10-12-16(13-11-14)21-17(15-8-6-5-7-9-15)18(19-20-21)22(2,3)4/h5-13H,1-4H3. The third-order valence-electron chi connectivity index (χ3n) is 3.71. The number of aromatic nitrogens is 3. The third-order valence-corrected chi connectivity index (χ3v) is 5.46. The van der Waals surface area contributed by atoms with Crippen molar-refractivity contribution in [3.05, 3.63) is 60.2 Å². The Kier molecular flexibility index (Phi) is 3.70. The van der Waals surface area contributed by atoms with E-state index in [-0.39, 0.29) is 0 Å². The lowest BCUT2D eigenvalue weighted by Gasteiger charge is -2.16. The van der Waals surface area contributed by atoms with Crippen molar-refractivity contribution in [1.29, 1.82) is 0 Å². The largest absolute Gasteiger partial charge is 0.213 e. The number of rotatable bonds is 3. The fourth-order valence-corrected chi connectivity index (χ4v) is 3.81. The van der Waals surface area contributed by atoms with Gasteiger partial charge in [-0.15, -0.1) is 5.10 Å². The summed E-state index contributed by atoms with van der Waals surface area (Å²) in [5.74, 6) is 0. The lowest BCUT2D eigenvalue weighted by molar-refractivity contribution is 0.809. The topological polar surface area (TPSA) is 30.7 Å². The molecule has 1 aromatic heterocycles. The molecule has 3 rings (SSSR count). The van der Waals surface area contributed by atoms with Gasteiger partial charge in [-0.2, -0.15) is 0 Å². The second-order valence-corrected chi connectivity index (χ2v) is 11.6. The first-order valence-electron chi connectivity index (χ1n) is 7.55. The smallest absolute Gasteiger partial charge is 0.107 e. The highest BCUT2D eigenvalue weighted by atomic mass is 28.3. The number of aryl methyl sites for hydroxylation is 1. The highest BCUT2D eigenvalue weighted by Crippen LogP contribution is 2.22. The van der Waals surface area contributed by atoms with Gasteiger partial charge < -0.3 is 0 Å². The number of hydrogen-bond acceptors (Lipinski definition) is 2. The third kappa shape index (κ3) is 2.74. The van der Waals surface area contributed by atoms with Crippen LogP contribution in [0.3, 0.4) is 0 Å². The molecule has 2 aromatic carbocycles. The van der Waals surface area contributed by atoms with Gasteiger partial charge in [-0.25, -0.2) is 4.68 Å². The Bertz CT molecular complexity index is 768.